The SMILES string of the molecule is COC(=O)C1CCCC1N(C)Cc1cc(Cl)nc(Cl)c1. The normalized spacial score (nSPS) is 22.2. The van der Waals surface area contributed by atoms with Crippen LogP contribution in [0.2, 0.25) is 10.3 Å². The van der Waals surface area contributed by atoms with Crippen LogP contribution in [0.25, 0.3) is 0 Å². The highest BCUT2D eigenvalue weighted by Crippen LogP contribution is 2.31. The van der Waals surface area contributed by atoms with Gasteiger partial charge in [0.25, 0.3) is 0 Å². The Morgan fingerprint density at radius 2 is 2.05 bits per heavy atom. The first-order valence-corrected chi connectivity index (χ1v) is 7.37. The number of hydrogen-bond donors (Lipinski definition) is 0. The summed E-state index contributed by atoms with van der Waals surface area (Å²) in [4.78, 5) is 17.9. The number of methoxy groups -OCH3 is 1. The molecule has 1 heterocycles. The Labute approximate surface area is 129 Å². The monoisotopic (exact) mass is 316 g/mol. The van der Waals surface area contributed by atoms with Crippen LogP contribution in [0.4, 0.5) is 0 Å². The number of pyridine rings is 1. The van der Waals surface area contributed by atoms with Gasteiger partial charge in [-0.15, -0.1) is 0 Å². The smallest absolute Gasteiger partial charge is 0.310 e. The summed E-state index contributed by atoms with van der Waals surface area (Å²) >= 11 is 11.8. The first kappa shape index (κ1) is 15.5. The van der Waals surface area contributed by atoms with Gasteiger partial charge in [0.15, 0.2) is 0 Å². The third kappa shape index (κ3) is 3.62. The molecule has 1 aromatic rings. The van der Waals surface area contributed by atoms with Gasteiger partial charge < -0.3 is 4.74 Å². The van der Waals surface area contributed by atoms with Gasteiger partial charge in [-0.2, -0.15) is 0 Å². The summed E-state index contributed by atoms with van der Waals surface area (Å²) in [6, 6.07) is 3.80. The Morgan fingerprint density at radius 1 is 1.40 bits per heavy atom. The lowest BCUT2D eigenvalue weighted by molar-refractivity contribution is -0.147. The van der Waals surface area contributed by atoms with Crippen molar-refractivity contribution in [2.45, 2.75) is 31.8 Å². The molecule has 6 heteroatoms. The van der Waals surface area contributed by atoms with Crippen molar-refractivity contribution >= 4 is 29.2 Å². The minimum Gasteiger partial charge on any atom is -0.469 e. The average molecular weight is 317 g/mol. The average Bonchev–Trinajstić information content (AvgIpc) is 2.85. The molecule has 2 unspecified atom stereocenters. The van der Waals surface area contributed by atoms with Crippen molar-refractivity contribution in [2.24, 2.45) is 5.92 Å². The zero-order valence-electron chi connectivity index (χ0n) is 11.6. The first-order chi connectivity index (χ1) is 9.51. The fourth-order valence-electron chi connectivity index (χ4n) is 2.91. The maximum Gasteiger partial charge on any atom is 0.310 e. The number of ether oxygens (including phenoxy) is 1. The van der Waals surface area contributed by atoms with E-state index >= 15 is 0 Å². The molecule has 0 radical (unpaired) electrons. The van der Waals surface area contributed by atoms with E-state index in [2.05, 4.69) is 9.88 Å². The maximum atomic E-state index is 11.8. The van der Waals surface area contributed by atoms with E-state index in [1.54, 1.807) is 12.1 Å². The van der Waals surface area contributed by atoms with Crippen molar-refractivity contribution in [2.75, 3.05) is 14.2 Å². The molecule has 2 atom stereocenters. The molecule has 110 valence electrons. The summed E-state index contributed by atoms with van der Waals surface area (Å²) in [7, 11) is 3.45. The van der Waals surface area contributed by atoms with Crippen LogP contribution in [-0.4, -0.2) is 36.1 Å². The summed E-state index contributed by atoms with van der Waals surface area (Å²) < 4.78 is 4.89. The number of rotatable bonds is 4. The van der Waals surface area contributed by atoms with Gasteiger partial charge in [-0.05, 0) is 37.6 Å². The largest absolute Gasteiger partial charge is 0.469 e. The summed E-state index contributed by atoms with van der Waals surface area (Å²) in [6.07, 6.45) is 2.94. The quantitative estimate of drug-likeness (QED) is 0.632. The molecule has 1 fully saturated rings. The molecule has 1 saturated carbocycles. The molecule has 0 bridgehead atoms. The highest BCUT2D eigenvalue weighted by atomic mass is 35.5. The summed E-state index contributed by atoms with van der Waals surface area (Å²) in [5.41, 5.74) is 0.994. The van der Waals surface area contributed by atoms with E-state index < -0.39 is 0 Å². The highest BCUT2D eigenvalue weighted by Gasteiger charge is 2.36. The van der Waals surface area contributed by atoms with E-state index in [4.69, 9.17) is 27.9 Å². The maximum absolute atomic E-state index is 11.8. The van der Waals surface area contributed by atoms with Crippen LogP contribution in [-0.2, 0) is 16.1 Å². The van der Waals surface area contributed by atoms with Crippen LogP contribution in [0.5, 0.6) is 0 Å². The number of nitrogens with zero attached hydrogens (tertiary/aromatic N) is 2. The van der Waals surface area contributed by atoms with Crippen LogP contribution < -0.4 is 0 Å². The highest BCUT2D eigenvalue weighted by molar-refractivity contribution is 6.32. The lowest BCUT2D eigenvalue weighted by Gasteiger charge is -2.28. The lowest BCUT2D eigenvalue weighted by Crippen LogP contribution is -2.38. The number of carbonyl (C=O) groups excluding carboxylic acids is 1. The van der Waals surface area contributed by atoms with E-state index in [1.165, 1.54) is 7.11 Å². The molecule has 0 N–H and O–H groups in total. The number of halogens is 2. The second-order valence-electron chi connectivity index (χ2n) is 5.16. The molecule has 0 aliphatic heterocycles. The van der Waals surface area contributed by atoms with Crippen molar-refractivity contribution in [3.8, 4) is 0 Å². The molecule has 1 aliphatic rings. The van der Waals surface area contributed by atoms with Gasteiger partial charge in [-0.3, -0.25) is 9.69 Å². The van der Waals surface area contributed by atoms with Gasteiger partial charge in [0.2, 0.25) is 0 Å². The van der Waals surface area contributed by atoms with Crippen molar-refractivity contribution < 1.29 is 9.53 Å². The van der Waals surface area contributed by atoms with Crippen molar-refractivity contribution in [3.63, 3.8) is 0 Å². The minimum absolute atomic E-state index is 0.0437. The summed E-state index contributed by atoms with van der Waals surface area (Å²) in [6.45, 7) is 0.681. The number of aromatic nitrogens is 1. The molecule has 0 aromatic carbocycles. The van der Waals surface area contributed by atoms with Crippen LogP contribution in [0.1, 0.15) is 24.8 Å². The van der Waals surface area contributed by atoms with Crippen molar-refractivity contribution in [1.82, 2.24) is 9.88 Å². The Balaban J connectivity index is 2.07. The van der Waals surface area contributed by atoms with Crippen molar-refractivity contribution in [3.05, 3.63) is 28.0 Å². The van der Waals surface area contributed by atoms with Crippen LogP contribution in [0, 0.1) is 5.92 Å². The van der Waals surface area contributed by atoms with E-state index in [0.717, 1.165) is 24.8 Å². The third-order valence-corrected chi connectivity index (χ3v) is 4.19. The number of carbonyl (C=O) groups is 1. The molecule has 0 spiro atoms. The van der Waals surface area contributed by atoms with Crippen molar-refractivity contribution in [1.29, 1.82) is 0 Å². The lowest BCUT2D eigenvalue weighted by atomic mass is 10.0. The van der Waals surface area contributed by atoms with E-state index in [-0.39, 0.29) is 17.9 Å². The van der Waals surface area contributed by atoms with Crippen LogP contribution in [0.15, 0.2) is 12.1 Å². The summed E-state index contributed by atoms with van der Waals surface area (Å²) in [5, 5.41) is 0.772. The molecule has 0 amide bonds. The molecular formula is C14H18Cl2N2O2. The predicted molar refractivity (Wildman–Crippen MR) is 78.9 cm³/mol. The Bertz CT molecular complexity index is 476. The van der Waals surface area contributed by atoms with Gasteiger partial charge in [-0.25, -0.2) is 4.98 Å². The van der Waals surface area contributed by atoms with Crippen LogP contribution >= 0.6 is 23.2 Å². The standard InChI is InChI=1S/C14H18Cl2N2O2/c1-18(8-9-6-12(15)17-13(16)7-9)11-5-3-4-10(11)14(19)20-2/h6-7,10-11H,3-5,8H2,1-2H3. The van der Waals surface area contributed by atoms with Gasteiger partial charge in [0.1, 0.15) is 10.3 Å². The molecule has 20 heavy (non-hydrogen) atoms. The second kappa shape index (κ2) is 6.74. The van der Waals surface area contributed by atoms with Gasteiger partial charge in [0, 0.05) is 12.6 Å². The predicted octanol–water partition coefficient (Wildman–Crippen LogP) is 3.16. The van der Waals surface area contributed by atoms with E-state index in [9.17, 15) is 4.79 Å². The minimum atomic E-state index is -0.120. The van der Waals surface area contributed by atoms with E-state index in [1.807, 2.05) is 7.05 Å². The third-order valence-electron chi connectivity index (χ3n) is 3.80. The van der Waals surface area contributed by atoms with Crippen LogP contribution in [0.3, 0.4) is 0 Å². The zero-order chi connectivity index (χ0) is 14.7. The van der Waals surface area contributed by atoms with Gasteiger partial charge in [-0.1, -0.05) is 29.6 Å². The number of hydrogen-bond acceptors (Lipinski definition) is 4. The molecule has 2 rings (SSSR count). The summed E-state index contributed by atoms with van der Waals surface area (Å²) in [5.74, 6) is -0.164. The van der Waals surface area contributed by atoms with Gasteiger partial charge in [0.05, 0.1) is 13.0 Å². The van der Waals surface area contributed by atoms with E-state index in [0.29, 0.717) is 16.9 Å². The zero-order valence-corrected chi connectivity index (χ0v) is 13.1. The van der Waals surface area contributed by atoms with Gasteiger partial charge >= 0.3 is 5.97 Å². The molecule has 1 aromatic heterocycles. The molecule has 1 aliphatic carbocycles. The second-order valence-corrected chi connectivity index (χ2v) is 5.94. The fourth-order valence-corrected chi connectivity index (χ4v) is 3.41. The topological polar surface area (TPSA) is 42.4 Å². The first-order valence-electron chi connectivity index (χ1n) is 6.61. The Kier molecular flexibility index (Phi) is 5.24. The molecule has 4 nitrogen and oxygen atoms in total. The fraction of sp³-hybridized carbons (Fsp3) is 0.571. The Morgan fingerprint density at radius 3 is 2.65 bits per heavy atom. The Hall–Kier alpha value is -0.840. The molecular weight excluding hydrogens is 299 g/mol. The number of esters is 1. The molecule has 0 saturated heterocycles.